The lowest BCUT2D eigenvalue weighted by molar-refractivity contribution is 0.0436. The summed E-state index contributed by atoms with van der Waals surface area (Å²) in [6, 6.07) is 0. The SMILES string of the molecule is CC1OCCC1C(O)Cc1cn(C)nn1. The molecule has 0 radical (unpaired) electrons. The van der Waals surface area contributed by atoms with Gasteiger partial charge >= 0.3 is 0 Å². The lowest BCUT2D eigenvalue weighted by Crippen LogP contribution is -2.28. The minimum atomic E-state index is -0.376. The van der Waals surface area contributed by atoms with Crippen LogP contribution in [0.1, 0.15) is 19.0 Å². The second-order valence-corrected chi connectivity index (χ2v) is 4.18. The van der Waals surface area contributed by atoms with Crippen molar-refractivity contribution in [1.29, 1.82) is 0 Å². The van der Waals surface area contributed by atoms with Crippen molar-refractivity contribution in [2.24, 2.45) is 13.0 Å². The molecule has 0 saturated carbocycles. The summed E-state index contributed by atoms with van der Waals surface area (Å²) in [4.78, 5) is 0. The zero-order valence-electron chi connectivity index (χ0n) is 9.13. The Hall–Kier alpha value is -0.940. The van der Waals surface area contributed by atoms with Crippen molar-refractivity contribution in [2.75, 3.05) is 6.61 Å². The second kappa shape index (κ2) is 4.28. The Morgan fingerprint density at radius 3 is 3.07 bits per heavy atom. The van der Waals surface area contributed by atoms with Crippen LogP contribution >= 0.6 is 0 Å². The highest BCUT2D eigenvalue weighted by atomic mass is 16.5. The number of aliphatic hydroxyl groups is 1. The number of aryl methyl sites for hydroxylation is 1. The van der Waals surface area contributed by atoms with E-state index in [1.807, 2.05) is 20.2 Å². The first-order chi connectivity index (χ1) is 7.16. The zero-order chi connectivity index (χ0) is 10.8. The number of nitrogens with zero attached hydrogens (tertiary/aromatic N) is 3. The molecule has 1 fully saturated rings. The Morgan fingerprint density at radius 1 is 1.73 bits per heavy atom. The number of aromatic nitrogens is 3. The topological polar surface area (TPSA) is 60.2 Å². The van der Waals surface area contributed by atoms with E-state index in [2.05, 4.69) is 10.3 Å². The highest BCUT2D eigenvalue weighted by molar-refractivity contribution is 4.96. The number of hydrogen-bond acceptors (Lipinski definition) is 4. The summed E-state index contributed by atoms with van der Waals surface area (Å²) in [7, 11) is 1.82. The molecular weight excluding hydrogens is 194 g/mol. The molecule has 2 rings (SSSR count). The average molecular weight is 211 g/mol. The fraction of sp³-hybridized carbons (Fsp3) is 0.800. The minimum absolute atomic E-state index is 0.150. The van der Waals surface area contributed by atoms with Gasteiger partial charge in [0, 0.05) is 32.2 Å². The molecule has 15 heavy (non-hydrogen) atoms. The van der Waals surface area contributed by atoms with Crippen molar-refractivity contribution in [3.8, 4) is 0 Å². The van der Waals surface area contributed by atoms with Gasteiger partial charge in [0.1, 0.15) is 0 Å². The van der Waals surface area contributed by atoms with Crippen LogP contribution in [0.2, 0.25) is 0 Å². The highest BCUT2D eigenvalue weighted by Crippen LogP contribution is 2.25. The molecule has 1 N–H and O–H groups in total. The van der Waals surface area contributed by atoms with E-state index in [0.29, 0.717) is 6.42 Å². The normalized spacial score (nSPS) is 28.2. The molecule has 3 atom stereocenters. The lowest BCUT2D eigenvalue weighted by atomic mass is 9.93. The Bertz CT molecular complexity index is 326. The highest BCUT2D eigenvalue weighted by Gasteiger charge is 2.31. The Balaban J connectivity index is 1.94. The van der Waals surface area contributed by atoms with Gasteiger partial charge in [0.2, 0.25) is 0 Å². The van der Waals surface area contributed by atoms with Gasteiger partial charge in [-0.15, -0.1) is 5.10 Å². The van der Waals surface area contributed by atoms with Crippen molar-refractivity contribution in [3.05, 3.63) is 11.9 Å². The Morgan fingerprint density at radius 2 is 2.53 bits per heavy atom. The molecule has 3 unspecified atom stereocenters. The third kappa shape index (κ3) is 2.35. The Labute approximate surface area is 89.0 Å². The minimum Gasteiger partial charge on any atom is -0.392 e. The van der Waals surface area contributed by atoms with Gasteiger partial charge < -0.3 is 9.84 Å². The molecule has 0 amide bonds. The number of aliphatic hydroxyl groups excluding tert-OH is 1. The van der Waals surface area contributed by atoms with Crippen LogP contribution in [0, 0.1) is 5.92 Å². The predicted octanol–water partition coefficient (Wildman–Crippen LogP) is 0.143. The first-order valence-corrected chi connectivity index (χ1v) is 5.31. The Kier molecular flexibility index (Phi) is 3.02. The van der Waals surface area contributed by atoms with Crippen LogP contribution in [-0.4, -0.2) is 38.9 Å². The quantitative estimate of drug-likeness (QED) is 0.772. The molecular formula is C10H17N3O2. The van der Waals surface area contributed by atoms with E-state index < -0.39 is 0 Å². The molecule has 5 heteroatoms. The number of hydrogen-bond donors (Lipinski definition) is 1. The smallest absolute Gasteiger partial charge is 0.0852 e. The van der Waals surface area contributed by atoms with E-state index in [-0.39, 0.29) is 18.1 Å². The van der Waals surface area contributed by atoms with Crippen molar-refractivity contribution < 1.29 is 9.84 Å². The maximum absolute atomic E-state index is 10.0. The van der Waals surface area contributed by atoms with Crippen LogP contribution < -0.4 is 0 Å². The average Bonchev–Trinajstić information content (AvgIpc) is 2.75. The predicted molar refractivity (Wildman–Crippen MR) is 54.2 cm³/mol. The molecule has 2 heterocycles. The summed E-state index contributed by atoms with van der Waals surface area (Å²) in [5, 5.41) is 17.8. The van der Waals surface area contributed by atoms with Gasteiger partial charge in [0.15, 0.2) is 0 Å². The van der Waals surface area contributed by atoms with E-state index >= 15 is 0 Å². The number of rotatable bonds is 3. The summed E-state index contributed by atoms with van der Waals surface area (Å²) in [6.45, 7) is 2.76. The van der Waals surface area contributed by atoms with Crippen LogP contribution in [0.4, 0.5) is 0 Å². The van der Waals surface area contributed by atoms with Crippen molar-refractivity contribution in [1.82, 2.24) is 15.0 Å². The molecule has 1 aliphatic heterocycles. The van der Waals surface area contributed by atoms with Crippen LogP contribution in [0.15, 0.2) is 6.20 Å². The van der Waals surface area contributed by atoms with Crippen LogP contribution in [0.25, 0.3) is 0 Å². The summed E-state index contributed by atoms with van der Waals surface area (Å²) in [5.74, 6) is 0.229. The molecule has 0 spiro atoms. The maximum atomic E-state index is 10.0. The van der Waals surface area contributed by atoms with Crippen LogP contribution in [0.5, 0.6) is 0 Å². The van der Waals surface area contributed by atoms with Gasteiger partial charge in [-0.1, -0.05) is 5.21 Å². The fourth-order valence-corrected chi connectivity index (χ4v) is 2.11. The molecule has 0 bridgehead atoms. The summed E-state index contributed by atoms with van der Waals surface area (Å²) in [6.07, 6.45) is 3.11. The summed E-state index contributed by atoms with van der Waals surface area (Å²) >= 11 is 0. The van der Waals surface area contributed by atoms with Gasteiger partial charge in [0.05, 0.1) is 17.9 Å². The first-order valence-electron chi connectivity index (χ1n) is 5.31. The standard InChI is InChI=1S/C10H17N3O2/c1-7-9(3-4-15-7)10(14)5-8-6-13(2)12-11-8/h6-7,9-10,14H,3-5H2,1-2H3. The zero-order valence-corrected chi connectivity index (χ0v) is 9.13. The van der Waals surface area contributed by atoms with Crippen LogP contribution in [-0.2, 0) is 18.2 Å². The maximum Gasteiger partial charge on any atom is 0.0852 e. The van der Waals surface area contributed by atoms with Crippen molar-refractivity contribution >= 4 is 0 Å². The van der Waals surface area contributed by atoms with Crippen molar-refractivity contribution in [2.45, 2.75) is 32.0 Å². The lowest BCUT2D eigenvalue weighted by Gasteiger charge is -2.19. The third-order valence-electron chi connectivity index (χ3n) is 3.00. The molecule has 1 aliphatic rings. The van der Waals surface area contributed by atoms with E-state index in [9.17, 15) is 5.11 Å². The monoisotopic (exact) mass is 211 g/mol. The largest absolute Gasteiger partial charge is 0.392 e. The molecule has 1 saturated heterocycles. The molecule has 5 nitrogen and oxygen atoms in total. The van der Waals surface area contributed by atoms with Gasteiger partial charge in [-0.3, -0.25) is 4.68 Å². The molecule has 1 aromatic rings. The first kappa shape index (κ1) is 10.6. The fourth-order valence-electron chi connectivity index (χ4n) is 2.11. The van der Waals surface area contributed by atoms with E-state index in [1.54, 1.807) is 4.68 Å². The van der Waals surface area contributed by atoms with E-state index in [4.69, 9.17) is 4.74 Å². The van der Waals surface area contributed by atoms with E-state index in [1.165, 1.54) is 0 Å². The third-order valence-corrected chi connectivity index (χ3v) is 3.00. The number of ether oxygens (including phenoxy) is 1. The van der Waals surface area contributed by atoms with Gasteiger partial charge in [-0.2, -0.15) is 0 Å². The van der Waals surface area contributed by atoms with Gasteiger partial charge in [-0.05, 0) is 13.3 Å². The van der Waals surface area contributed by atoms with Gasteiger partial charge in [-0.25, -0.2) is 0 Å². The summed E-state index contributed by atoms with van der Waals surface area (Å²) < 4.78 is 7.08. The second-order valence-electron chi connectivity index (χ2n) is 4.18. The van der Waals surface area contributed by atoms with Crippen molar-refractivity contribution in [3.63, 3.8) is 0 Å². The summed E-state index contributed by atoms with van der Waals surface area (Å²) in [5.41, 5.74) is 0.837. The molecule has 1 aromatic heterocycles. The molecule has 0 aromatic carbocycles. The van der Waals surface area contributed by atoms with Crippen LogP contribution in [0.3, 0.4) is 0 Å². The molecule has 0 aliphatic carbocycles. The molecule has 84 valence electrons. The van der Waals surface area contributed by atoms with Gasteiger partial charge in [0.25, 0.3) is 0 Å². The van der Waals surface area contributed by atoms with E-state index in [0.717, 1.165) is 18.7 Å².